The van der Waals surface area contributed by atoms with E-state index in [4.69, 9.17) is 0 Å². The van der Waals surface area contributed by atoms with Crippen LogP contribution in [-0.4, -0.2) is 18.2 Å². The fourth-order valence-corrected chi connectivity index (χ4v) is 2.32. The van der Waals surface area contributed by atoms with Gasteiger partial charge in [-0.3, -0.25) is 0 Å². The first kappa shape index (κ1) is 13.3. The van der Waals surface area contributed by atoms with Gasteiger partial charge in [-0.15, -0.1) is 6.58 Å². The van der Waals surface area contributed by atoms with Crippen LogP contribution in [0, 0.1) is 0 Å². The first-order chi connectivity index (χ1) is 7.60. The maximum Gasteiger partial charge on any atom is 0.0772 e. The van der Waals surface area contributed by atoms with E-state index in [0.717, 1.165) is 28.8 Å². The van der Waals surface area contributed by atoms with Gasteiger partial charge in [-0.2, -0.15) is 0 Å². The molecule has 0 saturated heterocycles. The molecule has 16 heavy (non-hydrogen) atoms. The van der Waals surface area contributed by atoms with Crippen molar-refractivity contribution in [1.82, 2.24) is 0 Å². The Hall–Kier alpha value is -0.800. The average molecular weight is 284 g/mol. The van der Waals surface area contributed by atoms with E-state index >= 15 is 0 Å². The number of halogens is 1. The standard InChI is InChI=1S/C13H18BrNO/c1-4-8-15(5-2)11-6-7-12(10(3)16)13(14)9-11/h4,6-7,9-10,16H,1,5,8H2,2-3H3/t10-/m0/s1. The van der Waals surface area contributed by atoms with Crippen LogP contribution in [0.15, 0.2) is 35.3 Å². The Morgan fingerprint density at radius 3 is 2.69 bits per heavy atom. The molecule has 0 aromatic heterocycles. The zero-order chi connectivity index (χ0) is 12.1. The van der Waals surface area contributed by atoms with E-state index in [1.807, 2.05) is 24.3 Å². The van der Waals surface area contributed by atoms with Crippen LogP contribution in [0.4, 0.5) is 5.69 Å². The van der Waals surface area contributed by atoms with Crippen molar-refractivity contribution in [3.05, 3.63) is 40.9 Å². The smallest absolute Gasteiger partial charge is 0.0772 e. The van der Waals surface area contributed by atoms with Gasteiger partial charge >= 0.3 is 0 Å². The summed E-state index contributed by atoms with van der Waals surface area (Å²) in [4.78, 5) is 2.21. The van der Waals surface area contributed by atoms with Gasteiger partial charge in [-0.25, -0.2) is 0 Å². The maximum atomic E-state index is 9.53. The molecular formula is C13H18BrNO. The van der Waals surface area contributed by atoms with Gasteiger partial charge in [0, 0.05) is 23.2 Å². The van der Waals surface area contributed by atoms with Crippen molar-refractivity contribution >= 4 is 21.6 Å². The van der Waals surface area contributed by atoms with Gasteiger partial charge < -0.3 is 10.0 Å². The Morgan fingerprint density at radius 2 is 2.25 bits per heavy atom. The highest BCUT2D eigenvalue weighted by Crippen LogP contribution is 2.28. The van der Waals surface area contributed by atoms with Crippen LogP contribution < -0.4 is 4.90 Å². The maximum absolute atomic E-state index is 9.53. The summed E-state index contributed by atoms with van der Waals surface area (Å²) >= 11 is 3.48. The molecule has 1 rings (SSSR count). The molecule has 1 aromatic rings. The lowest BCUT2D eigenvalue weighted by atomic mass is 10.1. The van der Waals surface area contributed by atoms with Crippen LogP contribution in [0.5, 0.6) is 0 Å². The van der Waals surface area contributed by atoms with E-state index in [1.165, 1.54) is 0 Å². The Bertz CT molecular complexity index is 363. The predicted octanol–water partition coefficient (Wildman–Crippen LogP) is 3.51. The Morgan fingerprint density at radius 1 is 1.56 bits per heavy atom. The van der Waals surface area contributed by atoms with Crippen molar-refractivity contribution in [2.45, 2.75) is 20.0 Å². The quantitative estimate of drug-likeness (QED) is 0.836. The zero-order valence-electron chi connectivity index (χ0n) is 9.78. The molecule has 0 amide bonds. The molecule has 1 aromatic carbocycles. The molecule has 2 nitrogen and oxygen atoms in total. The number of aliphatic hydroxyl groups is 1. The Kier molecular flexibility index (Phi) is 5.03. The fraction of sp³-hybridized carbons (Fsp3) is 0.385. The number of hydrogen-bond acceptors (Lipinski definition) is 2. The largest absolute Gasteiger partial charge is 0.389 e. The number of nitrogens with zero attached hydrogens (tertiary/aromatic N) is 1. The number of anilines is 1. The minimum absolute atomic E-state index is 0.446. The lowest BCUT2D eigenvalue weighted by molar-refractivity contribution is 0.198. The molecule has 0 fully saturated rings. The van der Waals surface area contributed by atoms with E-state index in [-0.39, 0.29) is 0 Å². The van der Waals surface area contributed by atoms with Crippen LogP contribution in [0.25, 0.3) is 0 Å². The second-order valence-electron chi connectivity index (χ2n) is 3.71. The summed E-state index contributed by atoms with van der Waals surface area (Å²) < 4.78 is 0.947. The molecule has 1 N–H and O–H groups in total. The Labute approximate surface area is 106 Å². The first-order valence-electron chi connectivity index (χ1n) is 5.43. The van der Waals surface area contributed by atoms with Gasteiger partial charge in [-0.05, 0) is 31.5 Å². The van der Waals surface area contributed by atoms with Crippen LogP contribution >= 0.6 is 15.9 Å². The highest BCUT2D eigenvalue weighted by molar-refractivity contribution is 9.10. The van der Waals surface area contributed by atoms with Crippen molar-refractivity contribution < 1.29 is 5.11 Å². The van der Waals surface area contributed by atoms with E-state index in [2.05, 4.69) is 34.3 Å². The number of benzene rings is 1. The van der Waals surface area contributed by atoms with Gasteiger partial charge in [0.25, 0.3) is 0 Å². The van der Waals surface area contributed by atoms with Crippen molar-refractivity contribution in [3.63, 3.8) is 0 Å². The first-order valence-corrected chi connectivity index (χ1v) is 6.22. The summed E-state index contributed by atoms with van der Waals surface area (Å²) in [5, 5.41) is 9.53. The molecule has 0 unspecified atom stereocenters. The summed E-state index contributed by atoms with van der Waals surface area (Å²) in [7, 11) is 0. The van der Waals surface area contributed by atoms with Crippen molar-refractivity contribution in [2.24, 2.45) is 0 Å². The van der Waals surface area contributed by atoms with Crippen LogP contribution in [0.1, 0.15) is 25.5 Å². The van der Waals surface area contributed by atoms with E-state index in [0.29, 0.717) is 0 Å². The number of rotatable bonds is 5. The third-order valence-electron chi connectivity index (χ3n) is 2.53. The molecule has 0 aliphatic rings. The van der Waals surface area contributed by atoms with Gasteiger partial charge in [0.1, 0.15) is 0 Å². The molecule has 0 bridgehead atoms. The normalized spacial score (nSPS) is 12.2. The predicted molar refractivity (Wildman–Crippen MR) is 72.9 cm³/mol. The molecule has 0 radical (unpaired) electrons. The minimum Gasteiger partial charge on any atom is -0.389 e. The molecule has 0 aliphatic heterocycles. The van der Waals surface area contributed by atoms with Gasteiger partial charge in [0.2, 0.25) is 0 Å². The molecule has 0 aliphatic carbocycles. The summed E-state index contributed by atoms with van der Waals surface area (Å²) in [6, 6.07) is 6.02. The second kappa shape index (κ2) is 6.06. The highest BCUT2D eigenvalue weighted by Gasteiger charge is 2.09. The van der Waals surface area contributed by atoms with Gasteiger partial charge in [0.05, 0.1) is 6.10 Å². The number of aliphatic hydroxyl groups excluding tert-OH is 1. The molecule has 0 saturated carbocycles. The Balaban J connectivity index is 2.99. The van der Waals surface area contributed by atoms with Crippen LogP contribution in [0.3, 0.4) is 0 Å². The summed E-state index contributed by atoms with van der Waals surface area (Å²) in [5.74, 6) is 0. The van der Waals surface area contributed by atoms with Gasteiger partial charge in [0.15, 0.2) is 0 Å². The second-order valence-corrected chi connectivity index (χ2v) is 4.56. The zero-order valence-corrected chi connectivity index (χ0v) is 11.4. The van der Waals surface area contributed by atoms with Crippen LogP contribution in [0.2, 0.25) is 0 Å². The molecule has 0 spiro atoms. The number of likely N-dealkylation sites (N-methyl/N-ethyl adjacent to an activating group) is 1. The summed E-state index contributed by atoms with van der Waals surface area (Å²) in [6.45, 7) is 9.39. The van der Waals surface area contributed by atoms with Crippen molar-refractivity contribution in [2.75, 3.05) is 18.0 Å². The fourth-order valence-electron chi connectivity index (χ4n) is 1.62. The summed E-state index contributed by atoms with van der Waals surface area (Å²) in [5.41, 5.74) is 2.05. The molecule has 1 atom stereocenters. The topological polar surface area (TPSA) is 23.5 Å². The van der Waals surface area contributed by atoms with Gasteiger partial charge in [-0.1, -0.05) is 28.1 Å². The van der Waals surface area contributed by atoms with E-state index in [1.54, 1.807) is 6.92 Å². The number of hydrogen-bond donors (Lipinski definition) is 1. The highest BCUT2D eigenvalue weighted by atomic mass is 79.9. The summed E-state index contributed by atoms with van der Waals surface area (Å²) in [6.07, 6.45) is 1.44. The monoisotopic (exact) mass is 283 g/mol. The van der Waals surface area contributed by atoms with E-state index < -0.39 is 6.10 Å². The molecule has 3 heteroatoms. The molecular weight excluding hydrogens is 266 g/mol. The third-order valence-corrected chi connectivity index (χ3v) is 3.22. The lowest BCUT2D eigenvalue weighted by Crippen LogP contribution is -2.22. The van der Waals surface area contributed by atoms with Crippen molar-refractivity contribution in [3.8, 4) is 0 Å². The minimum atomic E-state index is -0.446. The molecule has 0 heterocycles. The van der Waals surface area contributed by atoms with Crippen molar-refractivity contribution in [1.29, 1.82) is 0 Å². The SMILES string of the molecule is C=CCN(CC)c1ccc([C@H](C)O)c(Br)c1. The van der Waals surface area contributed by atoms with E-state index in [9.17, 15) is 5.11 Å². The molecule has 88 valence electrons. The third kappa shape index (κ3) is 3.09. The average Bonchev–Trinajstić information content (AvgIpc) is 2.25. The lowest BCUT2D eigenvalue weighted by Gasteiger charge is -2.22. The van der Waals surface area contributed by atoms with Crippen LogP contribution in [-0.2, 0) is 0 Å².